The molecule has 0 atom stereocenters. The molecule has 1 amide bonds. The van der Waals surface area contributed by atoms with Crippen molar-refractivity contribution in [2.24, 2.45) is 5.10 Å². The predicted octanol–water partition coefficient (Wildman–Crippen LogP) is 5.24. The Labute approximate surface area is 182 Å². The number of rotatable bonds is 7. The Hall–Kier alpha value is -3.42. The summed E-state index contributed by atoms with van der Waals surface area (Å²) in [5.41, 5.74) is 3.59. The average Bonchev–Trinajstić information content (AvgIpc) is 2.74. The number of nitrogens with zero attached hydrogens (tertiary/aromatic N) is 2. The summed E-state index contributed by atoms with van der Waals surface area (Å²) in [4.78, 5) is 22.9. The Morgan fingerprint density at radius 1 is 1.07 bits per heavy atom. The van der Waals surface area contributed by atoms with Crippen LogP contribution >= 0.6 is 23.2 Å². The lowest BCUT2D eigenvalue weighted by Crippen LogP contribution is -2.18. The number of hydrogen-bond acceptors (Lipinski definition) is 5. The van der Waals surface area contributed by atoms with Crippen molar-refractivity contribution in [2.45, 2.75) is 6.61 Å². The summed E-state index contributed by atoms with van der Waals surface area (Å²) < 4.78 is 5.76. The molecule has 3 rings (SSSR count). The Balaban J connectivity index is 1.70. The number of para-hydroxylation sites is 1. The first-order valence-corrected chi connectivity index (χ1v) is 9.44. The standard InChI is InChI=1S/C21H15Cl2N3O4/c22-18-7-3-1-5-14(18)13-30-20-8-4-2-6-17(20)21(27)25-24-12-15-11-16(26(28)29)9-10-19(15)23/h1-12H,13H2,(H,25,27)/b24-12+. The van der Waals surface area contributed by atoms with E-state index in [4.69, 9.17) is 27.9 Å². The molecule has 0 fully saturated rings. The monoisotopic (exact) mass is 443 g/mol. The lowest BCUT2D eigenvalue weighted by atomic mass is 10.2. The van der Waals surface area contributed by atoms with Crippen LogP contribution < -0.4 is 10.2 Å². The second-order valence-electron chi connectivity index (χ2n) is 6.04. The molecule has 3 aromatic carbocycles. The van der Waals surface area contributed by atoms with Gasteiger partial charge in [0, 0.05) is 33.3 Å². The molecule has 0 saturated carbocycles. The van der Waals surface area contributed by atoms with Crippen LogP contribution in [0.5, 0.6) is 5.75 Å². The summed E-state index contributed by atoms with van der Waals surface area (Å²) in [6, 6.07) is 17.9. The number of carbonyl (C=O) groups excluding carboxylic acids is 1. The van der Waals surface area contributed by atoms with E-state index in [1.165, 1.54) is 24.4 Å². The summed E-state index contributed by atoms with van der Waals surface area (Å²) in [5, 5.41) is 15.6. The van der Waals surface area contributed by atoms with Gasteiger partial charge >= 0.3 is 0 Å². The maximum Gasteiger partial charge on any atom is 0.275 e. The highest BCUT2D eigenvalue weighted by molar-refractivity contribution is 6.33. The molecular formula is C21H15Cl2N3O4. The number of nitro benzene ring substituents is 1. The van der Waals surface area contributed by atoms with E-state index in [1.54, 1.807) is 30.3 Å². The molecule has 0 unspecified atom stereocenters. The predicted molar refractivity (Wildman–Crippen MR) is 115 cm³/mol. The van der Waals surface area contributed by atoms with E-state index < -0.39 is 10.8 Å². The van der Waals surface area contributed by atoms with Gasteiger partial charge in [-0.2, -0.15) is 5.10 Å². The molecule has 0 radical (unpaired) electrons. The van der Waals surface area contributed by atoms with Crippen molar-refractivity contribution in [3.63, 3.8) is 0 Å². The van der Waals surface area contributed by atoms with Crippen molar-refractivity contribution in [1.29, 1.82) is 0 Å². The van der Waals surface area contributed by atoms with Crippen molar-refractivity contribution < 1.29 is 14.5 Å². The number of non-ortho nitro benzene ring substituents is 1. The number of carbonyl (C=O) groups is 1. The second-order valence-corrected chi connectivity index (χ2v) is 6.85. The smallest absolute Gasteiger partial charge is 0.275 e. The van der Waals surface area contributed by atoms with Crippen LogP contribution in [0.3, 0.4) is 0 Å². The molecule has 0 aliphatic heterocycles. The molecule has 1 N–H and O–H groups in total. The molecule has 30 heavy (non-hydrogen) atoms. The number of hydrogen-bond donors (Lipinski definition) is 1. The zero-order valence-corrected chi connectivity index (χ0v) is 16.9. The van der Waals surface area contributed by atoms with Crippen LogP contribution in [0.1, 0.15) is 21.5 Å². The maximum atomic E-state index is 12.5. The van der Waals surface area contributed by atoms with E-state index in [9.17, 15) is 14.9 Å². The van der Waals surface area contributed by atoms with Crippen molar-refractivity contribution in [2.75, 3.05) is 0 Å². The van der Waals surface area contributed by atoms with Crippen LogP contribution in [0, 0.1) is 10.1 Å². The van der Waals surface area contributed by atoms with Crippen molar-refractivity contribution in [1.82, 2.24) is 5.43 Å². The van der Waals surface area contributed by atoms with Gasteiger partial charge in [-0.3, -0.25) is 14.9 Å². The fourth-order valence-corrected chi connectivity index (χ4v) is 2.87. The third-order valence-electron chi connectivity index (χ3n) is 4.03. The molecule has 0 aliphatic rings. The fraction of sp³-hybridized carbons (Fsp3) is 0.0476. The van der Waals surface area contributed by atoms with E-state index in [0.717, 1.165) is 5.56 Å². The van der Waals surface area contributed by atoms with Gasteiger partial charge in [-0.15, -0.1) is 0 Å². The van der Waals surface area contributed by atoms with Gasteiger partial charge in [0.05, 0.1) is 16.7 Å². The SMILES string of the molecule is O=C(N/N=C/c1cc([N+](=O)[O-])ccc1Cl)c1ccccc1OCc1ccccc1Cl. The molecular weight excluding hydrogens is 429 g/mol. The van der Waals surface area contributed by atoms with E-state index in [1.807, 2.05) is 18.2 Å². The van der Waals surface area contributed by atoms with Gasteiger partial charge in [-0.05, 0) is 24.3 Å². The van der Waals surface area contributed by atoms with E-state index >= 15 is 0 Å². The maximum absolute atomic E-state index is 12.5. The zero-order valence-electron chi connectivity index (χ0n) is 15.4. The summed E-state index contributed by atoms with van der Waals surface area (Å²) in [6.45, 7) is 0.191. The Morgan fingerprint density at radius 3 is 2.57 bits per heavy atom. The number of hydrazone groups is 1. The molecule has 152 valence electrons. The van der Waals surface area contributed by atoms with Crippen molar-refractivity contribution in [3.8, 4) is 5.75 Å². The first kappa shape index (κ1) is 21.3. The van der Waals surface area contributed by atoms with Gasteiger partial charge in [-0.1, -0.05) is 53.5 Å². The first-order valence-electron chi connectivity index (χ1n) is 8.68. The second kappa shape index (κ2) is 9.87. The lowest BCUT2D eigenvalue weighted by Gasteiger charge is -2.11. The number of ether oxygens (including phenoxy) is 1. The van der Waals surface area contributed by atoms with Gasteiger partial charge in [0.25, 0.3) is 11.6 Å². The average molecular weight is 444 g/mol. The molecule has 0 spiro atoms. The van der Waals surface area contributed by atoms with Crippen LogP contribution in [0.2, 0.25) is 10.0 Å². The highest BCUT2D eigenvalue weighted by Gasteiger charge is 2.13. The fourth-order valence-electron chi connectivity index (χ4n) is 2.52. The summed E-state index contributed by atoms with van der Waals surface area (Å²) in [7, 11) is 0. The van der Waals surface area contributed by atoms with Crippen LogP contribution in [-0.2, 0) is 6.61 Å². The normalized spacial score (nSPS) is 10.7. The van der Waals surface area contributed by atoms with Crippen LogP contribution in [0.4, 0.5) is 5.69 Å². The van der Waals surface area contributed by atoms with Gasteiger partial charge in [-0.25, -0.2) is 5.43 Å². The number of halogens is 2. The highest BCUT2D eigenvalue weighted by Crippen LogP contribution is 2.23. The molecule has 0 bridgehead atoms. The molecule has 3 aromatic rings. The van der Waals surface area contributed by atoms with Gasteiger partial charge in [0.1, 0.15) is 12.4 Å². The number of amides is 1. The number of nitro groups is 1. The Kier molecular flexibility index (Phi) is 7.00. The highest BCUT2D eigenvalue weighted by atomic mass is 35.5. The largest absolute Gasteiger partial charge is 0.488 e. The zero-order chi connectivity index (χ0) is 21.5. The van der Waals surface area contributed by atoms with Gasteiger partial charge < -0.3 is 4.74 Å². The van der Waals surface area contributed by atoms with Crippen molar-refractivity contribution in [3.05, 3.63) is 104 Å². The molecule has 9 heteroatoms. The molecule has 0 aliphatic carbocycles. The third kappa shape index (κ3) is 5.34. The Morgan fingerprint density at radius 2 is 1.80 bits per heavy atom. The molecule has 0 heterocycles. The first-order chi connectivity index (χ1) is 14.5. The topological polar surface area (TPSA) is 93.8 Å². The van der Waals surface area contributed by atoms with Crippen LogP contribution in [0.15, 0.2) is 71.8 Å². The summed E-state index contributed by atoms with van der Waals surface area (Å²) in [5.74, 6) is -0.152. The van der Waals surface area contributed by atoms with E-state index in [2.05, 4.69) is 10.5 Å². The van der Waals surface area contributed by atoms with E-state index in [0.29, 0.717) is 16.3 Å². The molecule has 0 saturated heterocycles. The molecule has 7 nitrogen and oxygen atoms in total. The van der Waals surface area contributed by atoms with Gasteiger partial charge in [0.15, 0.2) is 0 Å². The van der Waals surface area contributed by atoms with Crippen molar-refractivity contribution >= 4 is 41.0 Å². The number of benzene rings is 3. The van der Waals surface area contributed by atoms with Crippen LogP contribution in [0.25, 0.3) is 0 Å². The summed E-state index contributed by atoms with van der Waals surface area (Å²) >= 11 is 12.1. The molecule has 0 aromatic heterocycles. The summed E-state index contributed by atoms with van der Waals surface area (Å²) in [6.07, 6.45) is 1.24. The quantitative estimate of drug-likeness (QED) is 0.306. The third-order valence-corrected chi connectivity index (χ3v) is 4.75. The lowest BCUT2D eigenvalue weighted by molar-refractivity contribution is -0.384. The van der Waals surface area contributed by atoms with Crippen LogP contribution in [-0.4, -0.2) is 17.0 Å². The van der Waals surface area contributed by atoms with Gasteiger partial charge in [0.2, 0.25) is 0 Å². The van der Waals surface area contributed by atoms with E-state index in [-0.39, 0.29) is 22.9 Å². The minimum atomic E-state index is -0.543. The Bertz CT molecular complexity index is 1120. The minimum Gasteiger partial charge on any atom is -0.488 e. The number of nitrogens with one attached hydrogen (secondary N) is 1. The minimum absolute atomic E-state index is 0.134.